The Morgan fingerprint density at radius 1 is 1.19 bits per heavy atom. The Labute approximate surface area is 279 Å². The molecule has 0 saturated carbocycles. The van der Waals surface area contributed by atoms with E-state index in [-0.39, 0.29) is 36.7 Å². The number of ether oxygens (including phenoxy) is 2. The molecule has 0 bridgehead atoms. The van der Waals surface area contributed by atoms with Gasteiger partial charge in [0.25, 0.3) is 11.5 Å². The first-order valence-corrected chi connectivity index (χ1v) is 17.1. The highest BCUT2D eigenvalue weighted by molar-refractivity contribution is 7.18. The van der Waals surface area contributed by atoms with Crippen molar-refractivity contribution in [1.29, 1.82) is 0 Å². The molecule has 0 unspecified atom stereocenters. The third-order valence-corrected chi connectivity index (χ3v) is 11.0. The third kappa shape index (κ3) is 6.16. The van der Waals surface area contributed by atoms with Crippen LogP contribution in [0.25, 0.3) is 21.3 Å². The molecule has 0 amide bonds. The second kappa shape index (κ2) is 12.2. The fourth-order valence-corrected chi connectivity index (χ4v) is 8.59. The minimum absolute atomic E-state index is 0.0735. The summed E-state index contributed by atoms with van der Waals surface area (Å²) >= 11 is 7.71. The number of carboxylic acids is 1. The van der Waals surface area contributed by atoms with Crippen LogP contribution in [-0.4, -0.2) is 74.4 Å². The van der Waals surface area contributed by atoms with E-state index in [0.717, 1.165) is 22.4 Å². The standard InChI is InChI=1S/C34H35ClF2N4O5S/c1-19-13-24(30-29(38-19)26(16-47-30)32(43)44)23-14-21(35)3-6-28(23)45-12-11-41-20(2)39-27-5-4-22(15-25(27)31(41)42)40-9-7-33(8-10-40)17-34(36,37)18-46-33/h3,6,13-14,16,22H,4-5,7-12,15,17-18H2,1-2H3,(H,43,44)/t22-/m1/s1. The van der Waals surface area contributed by atoms with E-state index in [1.165, 1.54) is 11.3 Å². The lowest BCUT2D eigenvalue weighted by molar-refractivity contribution is -0.0565. The first kappa shape index (κ1) is 32.1. The van der Waals surface area contributed by atoms with Crippen molar-refractivity contribution >= 4 is 39.1 Å². The van der Waals surface area contributed by atoms with E-state index in [9.17, 15) is 23.5 Å². The summed E-state index contributed by atoms with van der Waals surface area (Å²) in [5.74, 6) is -2.61. The predicted octanol–water partition coefficient (Wildman–Crippen LogP) is 6.31. The molecule has 2 fully saturated rings. The molecule has 0 radical (unpaired) electrons. The summed E-state index contributed by atoms with van der Waals surface area (Å²) in [5, 5.41) is 11.8. The van der Waals surface area contributed by atoms with Crippen molar-refractivity contribution in [2.45, 2.75) is 76.5 Å². The number of rotatable bonds is 7. The number of piperidine rings is 1. The Bertz CT molecular complexity index is 1940. The monoisotopic (exact) mass is 684 g/mol. The highest BCUT2D eigenvalue weighted by Crippen LogP contribution is 2.44. The molecule has 1 spiro atoms. The van der Waals surface area contributed by atoms with Crippen LogP contribution in [0.1, 0.15) is 58.8 Å². The average molecular weight is 685 g/mol. The first-order chi connectivity index (χ1) is 22.4. The van der Waals surface area contributed by atoms with Crippen LogP contribution in [0.2, 0.25) is 5.02 Å². The summed E-state index contributed by atoms with van der Waals surface area (Å²) in [5.41, 5.74) is 3.45. The molecule has 3 aliphatic rings. The molecule has 1 atom stereocenters. The summed E-state index contributed by atoms with van der Waals surface area (Å²) in [6, 6.07) is 7.33. The molecule has 9 nitrogen and oxygen atoms in total. The van der Waals surface area contributed by atoms with Crippen molar-refractivity contribution < 1.29 is 28.2 Å². The van der Waals surface area contributed by atoms with Gasteiger partial charge in [0.05, 0.1) is 33.6 Å². The van der Waals surface area contributed by atoms with E-state index in [1.54, 1.807) is 28.1 Å². The van der Waals surface area contributed by atoms with Crippen molar-refractivity contribution in [2.75, 3.05) is 26.3 Å². The number of hydrogen-bond donors (Lipinski definition) is 1. The van der Waals surface area contributed by atoms with Crippen molar-refractivity contribution in [1.82, 2.24) is 19.4 Å². The Morgan fingerprint density at radius 3 is 2.70 bits per heavy atom. The number of fused-ring (bicyclic) bond motifs is 2. The van der Waals surface area contributed by atoms with Gasteiger partial charge < -0.3 is 14.6 Å². The summed E-state index contributed by atoms with van der Waals surface area (Å²) in [4.78, 5) is 37.2. The molecular formula is C34H35ClF2N4O5S. The normalized spacial score (nSPS) is 20.5. The molecule has 7 rings (SSSR count). The summed E-state index contributed by atoms with van der Waals surface area (Å²) in [6.07, 6.45) is 3.08. The van der Waals surface area contributed by atoms with E-state index in [4.69, 9.17) is 26.1 Å². The maximum atomic E-state index is 13.9. The molecular weight excluding hydrogens is 650 g/mol. The van der Waals surface area contributed by atoms with Crippen molar-refractivity contribution in [3.8, 4) is 16.9 Å². The molecule has 5 heterocycles. The Kier molecular flexibility index (Phi) is 8.35. The lowest BCUT2D eigenvalue weighted by Crippen LogP contribution is -2.50. The Balaban J connectivity index is 1.08. The first-order valence-electron chi connectivity index (χ1n) is 15.8. The molecule has 1 N–H and O–H groups in total. The number of carbonyl (C=O) groups is 1. The van der Waals surface area contributed by atoms with E-state index < -0.39 is 24.1 Å². The maximum absolute atomic E-state index is 13.9. The predicted molar refractivity (Wildman–Crippen MR) is 175 cm³/mol. The number of benzene rings is 1. The molecule has 248 valence electrons. The maximum Gasteiger partial charge on any atom is 0.338 e. The summed E-state index contributed by atoms with van der Waals surface area (Å²) in [7, 11) is 0. The van der Waals surface area contributed by atoms with Gasteiger partial charge in [-0.15, -0.1) is 11.3 Å². The van der Waals surface area contributed by atoms with Crippen LogP contribution < -0.4 is 10.3 Å². The molecule has 2 saturated heterocycles. The van der Waals surface area contributed by atoms with Gasteiger partial charge in [-0.3, -0.25) is 19.2 Å². The van der Waals surface area contributed by atoms with E-state index in [1.807, 2.05) is 19.9 Å². The number of nitrogens with zero attached hydrogens (tertiary/aromatic N) is 4. The van der Waals surface area contributed by atoms with Crippen molar-refractivity contribution in [2.24, 2.45) is 0 Å². The number of alkyl halides is 2. The molecule has 13 heteroatoms. The average Bonchev–Trinajstić information content (AvgIpc) is 3.59. The zero-order chi connectivity index (χ0) is 33.1. The van der Waals surface area contributed by atoms with Crippen LogP contribution in [-0.2, 0) is 24.1 Å². The summed E-state index contributed by atoms with van der Waals surface area (Å²) in [6.45, 7) is 4.97. The van der Waals surface area contributed by atoms with Crippen LogP contribution in [0.4, 0.5) is 8.78 Å². The smallest absolute Gasteiger partial charge is 0.338 e. The fraction of sp³-hybridized carbons (Fsp3) is 0.471. The fourth-order valence-electron chi connectivity index (χ4n) is 7.41. The number of pyridine rings is 1. The Hall–Kier alpha value is -3.45. The highest BCUT2D eigenvalue weighted by atomic mass is 35.5. The number of hydrogen-bond acceptors (Lipinski definition) is 8. The molecule has 1 aromatic carbocycles. The van der Waals surface area contributed by atoms with Crippen LogP contribution in [0.3, 0.4) is 0 Å². The highest BCUT2D eigenvalue weighted by Gasteiger charge is 2.52. The van der Waals surface area contributed by atoms with Gasteiger partial charge in [0.1, 0.15) is 24.8 Å². The number of carboxylic acid groups (broad SMARTS) is 1. The number of aromatic nitrogens is 3. The molecule has 3 aromatic heterocycles. The van der Waals surface area contributed by atoms with E-state index >= 15 is 0 Å². The molecule has 2 aliphatic heterocycles. The number of thiophene rings is 1. The Morgan fingerprint density at radius 2 is 1.98 bits per heavy atom. The third-order valence-electron chi connectivity index (χ3n) is 9.77. The van der Waals surface area contributed by atoms with Crippen LogP contribution in [0, 0.1) is 13.8 Å². The quantitative estimate of drug-likeness (QED) is 0.241. The second-order valence-corrected chi connectivity index (χ2v) is 14.2. The van der Waals surface area contributed by atoms with E-state index in [2.05, 4.69) is 9.88 Å². The lowest BCUT2D eigenvalue weighted by Gasteiger charge is -2.43. The largest absolute Gasteiger partial charge is 0.491 e. The zero-order valence-corrected chi connectivity index (χ0v) is 27.7. The number of aryl methyl sites for hydroxylation is 3. The zero-order valence-electron chi connectivity index (χ0n) is 26.2. The second-order valence-electron chi connectivity index (χ2n) is 12.9. The van der Waals surface area contributed by atoms with Crippen LogP contribution in [0.15, 0.2) is 34.4 Å². The summed E-state index contributed by atoms with van der Waals surface area (Å²) < 4.78 is 42.0. The van der Waals surface area contributed by atoms with Gasteiger partial charge in [-0.05, 0) is 70.2 Å². The van der Waals surface area contributed by atoms with Gasteiger partial charge in [0, 0.05) is 58.3 Å². The van der Waals surface area contributed by atoms with Gasteiger partial charge in [-0.2, -0.15) is 0 Å². The van der Waals surface area contributed by atoms with Gasteiger partial charge >= 0.3 is 5.97 Å². The van der Waals surface area contributed by atoms with Gasteiger partial charge in [-0.1, -0.05) is 11.6 Å². The number of aromatic carboxylic acids is 1. The number of halogens is 3. The van der Waals surface area contributed by atoms with Gasteiger partial charge in [0.15, 0.2) is 0 Å². The van der Waals surface area contributed by atoms with Gasteiger partial charge in [-0.25, -0.2) is 18.6 Å². The van der Waals surface area contributed by atoms with Gasteiger partial charge in [0.2, 0.25) is 0 Å². The van der Waals surface area contributed by atoms with Crippen molar-refractivity contribution in [3.05, 3.63) is 73.4 Å². The minimum atomic E-state index is -2.75. The topological polar surface area (TPSA) is 107 Å². The van der Waals surface area contributed by atoms with Crippen molar-refractivity contribution in [3.63, 3.8) is 0 Å². The van der Waals surface area contributed by atoms with Crippen LogP contribution in [0.5, 0.6) is 5.75 Å². The molecule has 4 aromatic rings. The number of likely N-dealkylation sites (tertiary alicyclic amines) is 1. The molecule has 1 aliphatic carbocycles. The minimum Gasteiger partial charge on any atom is -0.491 e. The SMILES string of the molecule is Cc1cc(-c2cc(Cl)ccc2OCCn2c(C)nc3c(c2=O)C[C@H](N2CCC4(CC2)CC(F)(F)CO4)CC3)c2scc(C(=O)O)c2n1. The van der Waals surface area contributed by atoms with Crippen LogP contribution >= 0.6 is 22.9 Å². The lowest BCUT2D eigenvalue weighted by atomic mass is 9.84. The van der Waals surface area contributed by atoms with E-state index in [0.29, 0.717) is 77.7 Å². The molecule has 47 heavy (non-hydrogen) atoms.